The summed E-state index contributed by atoms with van der Waals surface area (Å²) in [6.07, 6.45) is 2.39. The van der Waals surface area contributed by atoms with E-state index in [1.807, 2.05) is 43.3 Å². The molecule has 2 aliphatic heterocycles. The van der Waals surface area contributed by atoms with E-state index in [-0.39, 0.29) is 17.0 Å². The maximum atomic E-state index is 13.5. The summed E-state index contributed by atoms with van der Waals surface area (Å²) in [5.41, 5.74) is 2.63. The molecule has 0 saturated carbocycles. The highest BCUT2D eigenvalue weighted by atomic mass is 32.2. The summed E-state index contributed by atoms with van der Waals surface area (Å²) >= 11 is 0. The van der Waals surface area contributed by atoms with Gasteiger partial charge in [0.15, 0.2) is 0 Å². The van der Waals surface area contributed by atoms with E-state index in [9.17, 15) is 8.42 Å². The van der Waals surface area contributed by atoms with Crippen LogP contribution in [0.4, 0.5) is 5.69 Å². The quantitative estimate of drug-likeness (QED) is 0.803. The second-order valence-electron chi connectivity index (χ2n) is 8.17. The monoisotopic (exact) mass is 382 g/mol. The van der Waals surface area contributed by atoms with Gasteiger partial charge in [-0.3, -0.25) is 0 Å². The van der Waals surface area contributed by atoms with E-state index in [0.717, 1.165) is 17.7 Å². The summed E-state index contributed by atoms with van der Waals surface area (Å²) in [6, 6.07) is 15.3. The highest BCUT2D eigenvalue weighted by Crippen LogP contribution is 2.59. The van der Waals surface area contributed by atoms with Crippen LogP contribution in [0.5, 0.6) is 0 Å². The molecule has 4 nitrogen and oxygen atoms in total. The molecule has 0 bridgehead atoms. The number of anilines is 1. The number of nitrogens with zero attached hydrogens (tertiary/aromatic N) is 1. The minimum absolute atomic E-state index is 0.269. The van der Waals surface area contributed by atoms with Crippen molar-refractivity contribution in [2.45, 2.75) is 43.7 Å². The van der Waals surface area contributed by atoms with Gasteiger partial charge in [0, 0.05) is 17.6 Å². The van der Waals surface area contributed by atoms with Gasteiger partial charge in [0.2, 0.25) is 10.0 Å². The highest BCUT2D eigenvalue weighted by molar-refractivity contribution is 7.89. The third-order valence-corrected chi connectivity index (χ3v) is 8.35. The lowest BCUT2D eigenvalue weighted by molar-refractivity contribution is 0.197. The van der Waals surface area contributed by atoms with Crippen LogP contribution < -0.4 is 5.32 Å². The average molecular weight is 383 g/mol. The second kappa shape index (κ2) is 5.94. The van der Waals surface area contributed by atoms with Crippen molar-refractivity contribution < 1.29 is 8.42 Å². The standard InChI is InChI=1S/C22H26N2O2S/c1-5-21(3,4)22-14-15-24(20(22)23-19-9-7-6-8-18(19)22)27(25,26)17-12-10-16(2)11-13-17/h5-13,20,23H,1,14-15H2,2-4H3/t20-,22+/m0/s1. The fraction of sp³-hybridized carbons (Fsp3) is 0.364. The summed E-state index contributed by atoms with van der Waals surface area (Å²) in [7, 11) is -3.60. The van der Waals surface area contributed by atoms with Crippen LogP contribution in [0.15, 0.2) is 66.1 Å². The summed E-state index contributed by atoms with van der Waals surface area (Å²) in [6.45, 7) is 10.8. The van der Waals surface area contributed by atoms with Crippen molar-refractivity contribution in [3.05, 3.63) is 72.3 Å². The molecule has 4 rings (SSSR count). The number of rotatable bonds is 4. The molecule has 0 unspecified atom stereocenters. The van der Waals surface area contributed by atoms with Crippen molar-refractivity contribution in [1.82, 2.24) is 4.31 Å². The molecule has 0 radical (unpaired) electrons. The molecule has 2 aromatic rings. The molecular formula is C22H26N2O2S. The van der Waals surface area contributed by atoms with Crippen LogP contribution in [0.2, 0.25) is 0 Å². The molecule has 27 heavy (non-hydrogen) atoms. The molecule has 2 aliphatic rings. The number of para-hydroxylation sites is 1. The predicted octanol–water partition coefficient (Wildman–Crippen LogP) is 4.29. The van der Waals surface area contributed by atoms with Gasteiger partial charge in [-0.05, 0) is 42.5 Å². The zero-order valence-corrected chi connectivity index (χ0v) is 16.9. The van der Waals surface area contributed by atoms with E-state index < -0.39 is 10.0 Å². The highest BCUT2D eigenvalue weighted by Gasteiger charge is 2.62. The van der Waals surface area contributed by atoms with Gasteiger partial charge in [-0.15, -0.1) is 6.58 Å². The molecule has 0 amide bonds. The third kappa shape index (κ3) is 2.41. The Hall–Kier alpha value is -2.11. The number of fused-ring (bicyclic) bond motifs is 3. The van der Waals surface area contributed by atoms with Crippen LogP contribution in [-0.4, -0.2) is 25.4 Å². The minimum atomic E-state index is -3.60. The van der Waals surface area contributed by atoms with Gasteiger partial charge in [0.25, 0.3) is 0 Å². The first kappa shape index (κ1) is 18.3. The number of hydrogen-bond acceptors (Lipinski definition) is 3. The van der Waals surface area contributed by atoms with Crippen LogP contribution >= 0.6 is 0 Å². The zero-order valence-electron chi connectivity index (χ0n) is 16.1. The van der Waals surface area contributed by atoms with E-state index in [1.165, 1.54) is 5.56 Å². The largest absolute Gasteiger partial charge is 0.368 e. The number of benzene rings is 2. The van der Waals surface area contributed by atoms with E-state index in [4.69, 9.17) is 0 Å². The Kier molecular flexibility index (Phi) is 4.02. The zero-order chi connectivity index (χ0) is 19.4. The van der Waals surface area contributed by atoms with Crippen molar-refractivity contribution >= 4 is 15.7 Å². The summed E-state index contributed by atoms with van der Waals surface area (Å²) in [5.74, 6) is 0. The van der Waals surface area contributed by atoms with Gasteiger partial charge >= 0.3 is 0 Å². The summed E-state index contributed by atoms with van der Waals surface area (Å²) in [5, 5.41) is 3.51. The molecule has 1 saturated heterocycles. The maximum Gasteiger partial charge on any atom is 0.244 e. The first-order valence-electron chi connectivity index (χ1n) is 9.32. The Bertz CT molecular complexity index is 995. The lowest BCUT2D eigenvalue weighted by Gasteiger charge is -2.43. The van der Waals surface area contributed by atoms with Gasteiger partial charge in [0.05, 0.1) is 4.90 Å². The molecular weight excluding hydrogens is 356 g/mol. The Morgan fingerprint density at radius 3 is 2.52 bits per heavy atom. The fourth-order valence-electron chi connectivity index (χ4n) is 4.73. The molecule has 0 aliphatic carbocycles. The number of sulfonamides is 1. The normalized spacial score (nSPS) is 24.9. The van der Waals surface area contributed by atoms with Crippen LogP contribution in [0.25, 0.3) is 0 Å². The molecule has 5 heteroatoms. The molecule has 2 aromatic carbocycles. The van der Waals surface area contributed by atoms with E-state index in [0.29, 0.717) is 11.4 Å². The number of allylic oxidation sites excluding steroid dienone is 1. The van der Waals surface area contributed by atoms with Gasteiger partial charge in [-0.2, -0.15) is 4.31 Å². The van der Waals surface area contributed by atoms with Gasteiger partial charge in [-0.25, -0.2) is 8.42 Å². The van der Waals surface area contributed by atoms with Crippen molar-refractivity contribution in [3.63, 3.8) is 0 Å². The lowest BCUT2D eigenvalue weighted by Crippen LogP contribution is -2.52. The molecule has 142 valence electrons. The third-order valence-electron chi connectivity index (χ3n) is 6.47. The molecule has 1 N–H and O–H groups in total. The Balaban J connectivity index is 1.85. The topological polar surface area (TPSA) is 49.4 Å². The van der Waals surface area contributed by atoms with Crippen LogP contribution in [0, 0.1) is 12.3 Å². The molecule has 0 spiro atoms. The second-order valence-corrected chi connectivity index (χ2v) is 10.1. The Morgan fingerprint density at radius 1 is 1.19 bits per heavy atom. The molecule has 2 heterocycles. The predicted molar refractivity (Wildman–Crippen MR) is 109 cm³/mol. The molecule has 2 atom stereocenters. The average Bonchev–Trinajstić information content (AvgIpc) is 3.18. The van der Waals surface area contributed by atoms with E-state index >= 15 is 0 Å². The fourth-order valence-corrected chi connectivity index (χ4v) is 6.32. The molecule has 1 fully saturated rings. The van der Waals surface area contributed by atoms with Crippen molar-refractivity contribution in [2.75, 3.05) is 11.9 Å². The Labute approximate surface area is 162 Å². The van der Waals surface area contributed by atoms with Crippen molar-refractivity contribution in [1.29, 1.82) is 0 Å². The molecule has 0 aromatic heterocycles. The lowest BCUT2D eigenvalue weighted by atomic mass is 9.61. The minimum Gasteiger partial charge on any atom is -0.368 e. The van der Waals surface area contributed by atoms with Gasteiger partial charge < -0.3 is 5.32 Å². The van der Waals surface area contributed by atoms with E-state index in [2.05, 4.69) is 31.8 Å². The summed E-state index contributed by atoms with van der Waals surface area (Å²) < 4.78 is 28.6. The van der Waals surface area contributed by atoms with Gasteiger partial charge in [-0.1, -0.05) is 55.8 Å². The van der Waals surface area contributed by atoms with Gasteiger partial charge in [0.1, 0.15) is 6.17 Å². The SMILES string of the molecule is C=CC(C)(C)[C@@]12CCN(S(=O)(=O)c3ccc(C)cc3)[C@@H]1Nc1ccccc12. The maximum absolute atomic E-state index is 13.5. The van der Waals surface area contributed by atoms with Crippen LogP contribution in [-0.2, 0) is 15.4 Å². The number of nitrogens with one attached hydrogen (secondary N) is 1. The summed E-state index contributed by atoms with van der Waals surface area (Å²) in [4.78, 5) is 0.345. The number of hydrogen-bond donors (Lipinski definition) is 1. The van der Waals surface area contributed by atoms with E-state index in [1.54, 1.807) is 16.4 Å². The van der Waals surface area contributed by atoms with Crippen LogP contribution in [0.1, 0.15) is 31.4 Å². The Morgan fingerprint density at radius 2 is 1.85 bits per heavy atom. The first-order chi connectivity index (χ1) is 12.7. The van der Waals surface area contributed by atoms with Crippen molar-refractivity contribution in [3.8, 4) is 0 Å². The smallest absolute Gasteiger partial charge is 0.244 e. The first-order valence-corrected chi connectivity index (χ1v) is 10.8. The number of aryl methyl sites for hydroxylation is 1. The van der Waals surface area contributed by atoms with Crippen molar-refractivity contribution in [2.24, 2.45) is 5.41 Å². The van der Waals surface area contributed by atoms with Crippen LogP contribution in [0.3, 0.4) is 0 Å².